The lowest BCUT2D eigenvalue weighted by Crippen LogP contribution is -2.56. The van der Waals surface area contributed by atoms with Gasteiger partial charge in [0, 0.05) is 43.2 Å². The second-order valence-corrected chi connectivity index (χ2v) is 7.38. The van der Waals surface area contributed by atoms with E-state index in [1.807, 2.05) is 6.07 Å². The Kier molecular flexibility index (Phi) is 7.01. The van der Waals surface area contributed by atoms with Crippen molar-refractivity contribution in [3.8, 4) is 0 Å². The van der Waals surface area contributed by atoms with Crippen LogP contribution in [-0.2, 0) is 11.3 Å². The van der Waals surface area contributed by atoms with Crippen LogP contribution in [0.2, 0.25) is 0 Å². The maximum Gasteiger partial charge on any atom is 0.191 e. The number of hydrogen-bond donors (Lipinski definition) is 2. The highest BCUT2D eigenvalue weighted by atomic mass is 79.9. The van der Waals surface area contributed by atoms with Gasteiger partial charge in [-0.15, -0.1) is 0 Å². The molecule has 0 aromatic heterocycles. The Balaban J connectivity index is 1.85. The van der Waals surface area contributed by atoms with Gasteiger partial charge in [0.25, 0.3) is 0 Å². The first-order valence-electron chi connectivity index (χ1n) is 8.13. The Morgan fingerprint density at radius 1 is 1.29 bits per heavy atom. The summed E-state index contributed by atoms with van der Waals surface area (Å²) in [6.45, 7) is 9.14. The van der Waals surface area contributed by atoms with E-state index in [0.717, 1.165) is 42.9 Å². The molecule has 0 amide bonds. The van der Waals surface area contributed by atoms with E-state index in [4.69, 9.17) is 4.74 Å². The molecule has 0 unspecified atom stereocenters. The number of aliphatic imine (C=N–C) groups is 1. The fourth-order valence-corrected chi connectivity index (χ4v) is 3.21. The van der Waals surface area contributed by atoms with Crippen LogP contribution in [-0.4, -0.2) is 56.3 Å². The van der Waals surface area contributed by atoms with Crippen molar-refractivity contribution in [1.29, 1.82) is 0 Å². The predicted molar refractivity (Wildman–Crippen MR) is 98.8 cm³/mol. The third-order valence-corrected chi connectivity index (χ3v) is 4.62. The van der Waals surface area contributed by atoms with Crippen LogP contribution in [0.15, 0.2) is 27.7 Å². The summed E-state index contributed by atoms with van der Waals surface area (Å²) in [6.07, 6.45) is 0. The summed E-state index contributed by atoms with van der Waals surface area (Å²) in [5, 5.41) is 6.58. The standard InChI is InChI=1S/C17H26BrFN4O/c1-17(2,23-4-6-24-7-5-23)12-22-16(20-3)21-11-13-8-14(18)10-15(19)9-13/h8-10H,4-7,11-12H2,1-3H3,(H2,20,21,22). The number of guanidine groups is 1. The van der Waals surface area contributed by atoms with Crippen LogP contribution in [0.4, 0.5) is 4.39 Å². The number of morpholine rings is 1. The average Bonchev–Trinajstić information content (AvgIpc) is 2.55. The predicted octanol–water partition coefficient (Wildman–Crippen LogP) is 2.36. The third-order valence-electron chi connectivity index (χ3n) is 4.16. The molecular formula is C17H26BrFN4O. The zero-order valence-corrected chi connectivity index (χ0v) is 16.1. The van der Waals surface area contributed by atoms with Gasteiger partial charge in [0.1, 0.15) is 5.82 Å². The van der Waals surface area contributed by atoms with E-state index < -0.39 is 0 Å². The molecule has 0 bridgehead atoms. The summed E-state index contributed by atoms with van der Waals surface area (Å²) in [6, 6.07) is 4.85. The van der Waals surface area contributed by atoms with Gasteiger partial charge in [-0.05, 0) is 37.6 Å². The fourth-order valence-electron chi connectivity index (χ4n) is 2.70. The first-order valence-corrected chi connectivity index (χ1v) is 8.92. The summed E-state index contributed by atoms with van der Waals surface area (Å²) in [5.74, 6) is 0.453. The summed E-state index contributed by atoms with van der Waals surface area (Å²) in [7, 11) is 1.73. The molecule has 1 fully saturated rings. The van der Waals surface area contributed by atoms with Crippen molar-refractivity contribution < 1.29 is 9.13 Å². The molecule has 0 atom stereocenters. The van der Waals surface area contributed by atoms with E-state index in [0.29, 0.717) is 12.5 Å². The SMILES string of the molecule is CN=C(NCc1cc(F)cc(Br)c1)NCC(C)(C)N1CCOCC1. The Bertz CT molecular complexity index is 553. The van der Waals surface area contributed by atoms with Gasteiger partial charge in [0.15, 0.2) is 5.96 Å². The second-order valence-electron chi connectivity index (χ2n) is 6.47. The van der Waals surface area contributed by atoms with E-state index in [1.165, 1.54) is 12.1 Å². The molecule has 1 heterocycles. The lowest BCUT2D eigenvalue weighted by molar-refractivity contribution is -0.00834. The van der Waals surface area contributed by atoms with E-state index >= 15 is 0 Å². The molecular weight excluding hydrogens is 375 g/mol. The van der Waals surface area contributed by atoms with Gasteiger partial charge in [0.05, 0.1) is 13.2 Å². The molecule has 5 nitrogen and oxygen atoms in total. The molecule has 1 aliphatic heterocycles. The molecule has 1 aliphatic rings. The molecule has 2 N–H and O–H groups in total. The Morgan fingerprint density at radius 2 is 2.00 bits per heavy atom. The molecule has 1 aromatic rings. The maximum atomic E-state index is 13.4. The molecule has 24 heavy (non-hydrogen) atoms. The fraction of sp³-hybridized carbons (Fsp3) is 0.588. The highest BCUT2D eigenvalue weighted by Gasteiger charge is 2.28. The molecule has 7 heteroatoms. The normalized spacial score (nSPS) is 17.0. The quantitative estimate of drug-likeness (QED) is 0.588. The molecule has 2 rings (SSSR count). The van der Waals surface area contributed by atoms with Crippen LogP contribution in [0.5, 0.6) is 0 Å². The summed E-state index contributed by atoms with van der Waals surface area (Å²) >= 11 is 3.31. The third kappa shape index (κ3) is 5.72. The van der Waals surface area contributed by atoms with E-state index in [1.54, 1.807) is 7.05 Å². The average molecular weight is 401 g/mol. The van der Waals surface area contributed by atoms with E-state index in [9.17, 15) is 4.39 Å². The molecule has 0 aliphatic carbocycles. The Morgan fingerprint density at radius 3 is 2.62 bits per heavy atom. The second kappa shape index (κ2) is 8.78. The molecule has 0 radical (unpaired) electrons. The first-order chi connectivity index (χ1) is 11.4. The van der Waals surface area contributed by atoms with Crippen LogP contribution in [0.3, 0.4) is 0 Å². The van der Waals surface area contributed by atoms with Gasteiger partial charge >= 0.3 is 0 Å². The van der Waals surface area contributed by atoms with Crippen LogP contribution in [0.25, 0.3) is 0 Å². The van der Waals surface area contributed by atoms with Gasteiger partial charge in [-0.1, -0.05) is 15.9 Å². The Hall–Kier alpha value is -1.18. The van der Waals surface area contributed by atoms with E-state index in [2.05, 4.69) is 50.3 Å². The number of rotatable bonds is 5. The Labute approximate surface area is 151 Å². The smallest absolute Gasteiger partial charge is 0.191 e. The largest absolute Gasteiger partial charge is 0.379 e. The summed E-state index contributed by atoms with van der Waals surface area (Å²) in [4.78, 5) is 6.66. The zero-order valence-electron chi connectivity index (χ0n) is 14.5. The summed E-state index contributed by atoms with van der Waals surface area (Å²) < 4.78 is 19.6. The highest BCUT2D eigenvalue weighted by molar-refractivity contribution is 9.10. The van der Waals surface area contributed by atoms with Crippen molar-refractivity contribution in [2.24, 2.45) is 4.99 Å². The molecule has 1 aromatic carbocycles. The monoisotopic (exact) mass is 400 g/mol. The van der Waals surface area contributed by atoms with Crippen LogP contribution in [0.1, 0.15) is 19.4 Å². The minimum Gasteiger partial charge on any atom is -0.379 e. The minimum absolute atomic E-state index is 0.00326. The highest BCUT2D eigenvalue weighted by Crippen LogP contribution is 2.16. The number of nitrogens with zero attached hydrogens (tertiary/aromatic N) is 2. The molecule has 0 spiro atoms. The van der Waals surface area contributed by atoms with Crippen LogP contribution < -0.4 is 10.6 Å². The zero-order chi connectivity index (χ0) is 17.6. The number of benzene rings is 1. The number of ether oxygens (including phenoxy) is 1. The van der Waals surface area contributed by atoms with Gasteiger partial charge in [-0.3, -0.25) is 9.89 Å². The van der Waals surface area contributed by atoms with Crippen molar-refractivity contribution in [2.45, 2.75) is 25.9 Å². The van der Waals surface area contributed by atoms with E-state index in [-0.39, 0.29) is 11.4 Å². The molecule has 0 saturated carbocycles. The van der Waals surface area contributed by atoms with Gasteiger partial charge in [0.2, 0.25) is 0 Å². The topological polar surface area (TPSA) is 48.9 Å². The summed E-state index contributed by atoms with van der Waals surface area (Å²) in [5.41, 5.74) is 0.862. The van der Waals surface area contributed by atoms with Crippen molar-refractivity contribution in [3.05, 3.63) is 34.1 Å². The van der Waals surface area contributed by atoms with Crippen LogP contribution >= 0.6 is 15.9 Å². The van der Waals surface area contributed by atoms with Crippen molar-refractivity contribution in [2.75, 3.05) is 39.9 Å². The number of halogens is 2. The number of hydrogen-bond acceptors (Lipinski definition) is 3. The molecule has 1 saturated heterocycles. The van der Waals surface area contributed by atoms with Crippen molar-refractivity contribution in [1.82, 2.24) is 15.5 Å². The van der Waals surface area contributed by atoms with Crippen LogP contribution in [0, 0.1) is 5.82 Å². The van der Waals surface area contributed by atoms with Crippen molar-refractivity contribution >= 4 is 21.9 Å². The lowest BCUT2D eigenvalue weighted by Gasteiger charge is -2.41. The van der Waals surface area contributed by atoms with Crippen molar-refractivity contribution in [3.63, 3.8) is 0 Å². The number of nitrogens with one attached hydrogen (secondary N) is 2. The minimum atomic E-state index is -0.252. The first kappa shape index (κ1) is 19.1. The lowest BCUT2D eigenvalue weighted by atomic mass is 10.0. The maximum absolute atomic E-state index is 13.4. The molecule has 134 valence electrons. The van der Waals surface area contributed by atoms with Gasteiger partial charge in [-0.25, -0.2) is 4.39 Å². The van der Waals surface area contributed by atoms with Gasteiger partial charge < -0.3 is 15.4 Å². The van der Waals surface area contributed by atoms with Gasteiger partial charge in [-0.2, -0.15) is 0 Å².